The molecule has 0 radical (unpaired) electrons. The molecule has 1 aliphatic rings. The number of rotatable bonds is 5. The zero-order chi connectivity index (χ0) is 25.5. The smallest absolute Gasteiger partial charge is 0.257 e. The lowest BCUT2D eigenvalue weighted by Crippen LogP contribution is -2.18. The van der Waals surface area contributed by atoms with Crippen LogP contribution >= 0.6 is 0 Å². The second-order valence-electron chi connectivity index (χ2n) is 8.46. The summed E-state index contributed by atoms with van der Waals surface area (Å²) in [5.74, 6) is 0.913. The first-order valence-electron chi connectivity index (χ1n) is 11.5. The van der Waals surface area contributed by atoms with Crippen molar-refractivity contribution < 1.29 is 23.5 Å². The highest BCUT2D eigenvalue weighted by Gasteiger charge is 2.22. The minimum atomic E-state index is -0.403. The number of benzene rings is 2. The topological polar surface area (TPSA) is 121 Å². The third kappa shape index (κ3) is 4.04. The number of anilines is 2. The van der Waals surface area contributed by atoms with Crippen LogP contribution < -0.4 is 20.1 Å². The van der Waals surface area contributed by atoms with Crippen LogP contribution in [0.3, 0.4) is 0 Å². The average Bonchev–Trinajstić information content (AvgIpc) is 3.65. The normalized spacial score (nSPS) is 12.1. The summed E-state index contributed by atoms with van der Waals surface area (Å²) in [6, 6.07) is 17.1. The number of carbonyl (C=O) groups is 2. The summed E-state index contributed by atoms with van der Waals surface area (Å²) in [5.41, 5.74) is 3.28. The molecule has 0 fully saturated rings. The second-order valence-corrected chi connectivity index (χ2v) is 8.46. The van der Waals surface area contributed by atoms with Crippen LogP contribution in [0.15, 0.2) is 71.3 Å². The molecule has 3 aromatic heterocycles. The molecule has 10 nitrogen and oxygen atoms in total. The Hall–Kier alpha value is -5.12. The molecule has 6 rings (SSSR count). The number of hydrogen-bond acceptors (Lipinski definition) is 7. The molecular weight excluding hydrogens is 474 g/mol. The minimum Gasteiger partial charge on any atom is -0.463 e. The molecule has 5 aromatic rings. The summed E-state index contributed by atoms with van der Waals surface area (Å²) in [6.07, 6.45) is 1.55. The van der Waals surface area contributed by atoms with Crippen molar-refractivity contribution in [1.29, 1.82) is 0 Å². The number of nitrogens with one attached hydrogen (secondary N) is 2. The van der Waals surface area contributed by atoms with Gasteiger partial charge < -0.3 is 24.5 Å². The maximum atomic E-state index is 13.6. The van der Waals surface area contributed by atoms with Gasteiger partial charge in [0.05, 0.1) is 34.2 Å². The number of amides is 2. The lowest BCUT2D eigenvalue weighted by Gasteiger charge is -2.13. The fourth-order valence-electron chi connectivity index (χ4n) is 4.33. The van der Waals surface area contributed by atoms with Crippen LogP contribution in [0.1, 0.15) is 26.4 Å². The Kier molecular flexibility index (Phi) is 5.33. The molecule has 0 unspecified atom stereocenters. The van der Waals surface area contributed by atoms with Crippen LogP contribution in [0.4, 0.5) is 11.4 Å². The number of aromatic nitrogens is 3. The van der Waals surface area contributed by atoms with Gasteiger partial charge in [-0.3, -0.25) is 14.3 Å². The Bertz CT molecular complexity index is 1670. The summed E-state index contributed by atoms with van der Waals surface area (Å²) < 4.78 is 17.8. The summed E-state index contributed by atoms with van der Waals surface area (Å²) >= 11 is 0. The lowest BCUT2D eigenvalue weighted by molar-refractivity contribution is 0.102. The largest absolute Gasteiger partial charge is 0.463 e. The van der Waals surface area contributed by atoms with Gasteiger partial charge in [-0.05, 0) is 49.4 Å². The first kappa shape index (κ1) is 22.4. The van der Waals surface area contributed by atoms with Crippen LogP contribution in [-0.4, -0.2) is 33.4 Å². The molecule has 10 heteroatoms. The number of carbonyl (C=O) groups excluding carboxylic acids is 2. The quantitative estimate of drug-likeness (QED) is 0.360. The van der Waals surface area contributed by atoms with Crippen LogP contribution in [0, 0.1) is 6.92 Å². The zero-order valence-electron chi connectivity index (χ0n) is 19.9. The van der Waals surface area contributed by atoms with E-state index < -0.39 is 5.91 Å². The Morgan fingerprint density at radius 3 is 2.57 bits per heavy atom. The van der Waals surface area contributed by atoms with Gasteiger partial charge >= 0.3 is 0 Å². The molecule has 0 spiro atoms. The predicted octanol–water partition coefficient (Wildman–Crippen LogP) is 4.77. The van der Waals surface area contributed by atoms with E-state index in [0.29, 0.717) is 62.2 Å². The molecule has 184 valence electrons. The van der Waals surface area contributed by atoms with Gasteiger partial charge in [-0.1, -0.05) is 12.1 Å². The molecule has 2 amide bonds. The molecule has 0 bridgehead atoms. The summed E-state index contributed by atoms with van der Waals surface area (Å²) in [5, 5.41) is 10.8. The van der Waals surface area contributed by atoms with Gasteiger partial charge in [0.2, 0.25) is 6.79 Å². The van der Waals surface area contributed by atoms with Crippen molar-refractivity contribution in [1.82, 2.24) is 14.8 Å². The van der Waals surface area contributed by atoms with E-state index in [1.165, 1.54) is 0 Å². The van der Waals surface area contributed by atoms with Crippen molar-refractivity contribution in [3.05, 3.63) is 83.7 Å². The number of furan rings is 1. The third-order valence-corrected chi connectivity index (χ3v) is 6.04. The molecule has 1 aliphatic heterocycles. The first-order valence-corrected chi connectivity index (χ1v) is 11.5. The third-order valence-electron chi connectivity index (χ3n) is 6.04. The molecule has 0 saturated carbocycles. The van der Waals surface area contributed by atoms with Crippen LogP contribution in [0.25, 0.3) is 22.5 Å². The SMILES string of the molecule is Cc1nn(C)c2nc(-c3ccco3)cc(C(=O)Nc3ccccc3C(=O)Nc3ccc4c(c3)OCO4)c12. The Labute approximate surface area is 210 Å². The fourth-order valence-corrected chi connectivity index (χ4v) is 4.33. The Morgan fingerprint density at radius 2 is 1.73 bits per heavy atom. The summed E-state index contributed by atoms with van der Waals surface area (Å²) in [7, 11) is 1.77. The van der Waals surface area contributed by atoms with Crippen molar-refractivity contribution in [2.45, 2.75) is 6.92 Å². The number of nitrogens with zero attached hydrogens (tertiary/aromatic N) is 3. The van der Waals surface area contributed by atoms with Gasteiger partial charge in [0.1, 0.15) is 5.69 Å². The van der Waals surface area contributed by atoms with E-state index in [4.69, 9.17) is 13.9 Å². The standard InChI is InChI=1S/C27H21N5O5/c1-15-24-18(13-20(21-8-5-11-35-21)29-25(24)32(2)31-15)27(34)30-19-7-4-3-6-17(19)26(33)28-16-9-10-22-23(12-16)37-14-36-22/h3-13H,14H2,1-2H3,(H,28,33)(H,30,34). The van der Waals surface area contributed by atoms with E-state index in [0.717, 1.165) is 0 Å². The molecule has 0 saturated heterocycles. The summed E-state index contributed by atoms with van der Waals surface area (Å²) in [4.78, 5) is 31.4. The fraction of sp³-hybridized carbons (Fsp3) is 0.111. The van der Waals surface area contributed by atoms with Crippen LogP contribution in [0.2, 0.25) is 0 Å². The van der Waals surface area contributed by atoms with Crippen molar-refractivity contribution >= 4 is 34.2 Å². The Morgan fingerprint density at radius 1 is 0.919 bits per heavy atom. The molecule has 0 aliphatic carbocycles. The molecular formula is C27H21N5O5. The van der Waals surface area contributed by atoms with Gasteiger partial charge in [-0.15, -0.1) is 0 Å². The number of pyridine rings is 1. The van der Waals surface area contributed by atoms with Gasteiger partial charge in [0.15, 0.2) is 22.9 Å². The number of hydrogen-bond donors (Lipinski definition) is 2. The number of fused-ring (bicyclic) bond motifs is 2. The molecule has 2 N–H and O–H groups in total. The highest BCUT2D eigenvalue weighted by atomic mass is 16.7. The predicted molar refractivity (Wildman–Crippen MR) is 136 cm³/mol. The van der Waals surface area contributed by atoms with E-state index in [9.17, 15) is 9.59 Å². The van der Waals surface area contributed by atoms with Crippen molar-refractivity contribution in [2.24, 2.45) is 7.05 Å². The maximum absolute atomic E-state index is 13.6. The van der Waals surface area contributed by atoms with E-state index in [1.807, 2.05) is 6.92 Å². The molecule has 0 atom stereocenters. The van der Waals surface area contributed by atoms with E-state index >= 15 is 0 Å². The maximum Gasteiger partial charge on any atom is 0.257 e. The minimum absolute atomic E-state index is 0.141. The van der Waals surface area contributed by atoms with Crippen molar-refractivity contribution in [3.63, 3.8) is 0 Å². The number of para-hydroxylation sites is 1. The first-order chi connectivity index (χ1) is 18.0. The zero-order valence-corrected chi connectivity index (χ0v) is 19.9. The number of aryl methyl sites for hydroxylation is 2. The van der Waals surface area contributed by atoms with Gasteiger partial charge in [-0.2, -0.15) is 5.10 Å². The lowest BCUT2D eigenvalue weighted by atomic mass is 10.1. The average molecular weight is 495 g/mol. The van der Waals surface area contributed by atoms with Gasteiger partial charge in [0.25, 0.3) is 11.8 Å². The highest BCUT2D eigenvalue weighted by Crippen LogP contribution is 2.34. The van der Waals surface area contributed by atoms with Gasteiger partial charge in [0, 0.05) is 18.8 Å². The van der Waals surface area contributed by atoms with Crippen molar-refractivity contribution in [3.8, 4) is 23.0 Å². The van der Waals surface area contributed by atoms with E-state index in [2.05, 4.69) is 20.7 Å². The molecule has 37 heavy (non-hydrogen) atoms. The van der Waals surface area contributed by atoms with Crippen LogP contribution in [0.5, 0.6) is 11.5 Å². The molecule has 2 aromatic carbocycles. The second kappa shape index (κ2) is 8.83. The van der Waals surface area contributed by atoms with E-state index in [1.54, 1.807) is 78.7 Å². The van der Waals surface area contributed by atoms with E-state index in [-0.39, 0.29) is 12.7 Å². The van der Waals surface area contributed by atoms with Crippen molar-refractivity contribution in [2.75, 3.05) is 17.4 Å². The highest BCUT2D eigenvalue weighted by molar-refractivity contribution is 6.16. The Balaban J connectivity index is 1.33. The monoisotopic (exact) mass is 495 g/mol. The molecule has 4 heterocycles. The van der Waals surface area contributed by atoms with Crippen LogP contribution in [-0.2, 0) is 7.05 Å². The van der Waals surface area contributed by atoms with Gasteiger partial charge in [-0.25, -0.2) is 4.98 Å². The summed E-state index contributed by atoms with van der Waals surface area (Å²) in [6.45, 7) is 1.96. The number of ether oxygens (including phenoxy) is 2.